The molecule has 4 nitrogen and oxygen atoms in total. The number of hydrogen-bond acceptors (Lipinski definition) is 4. The number of ether oxygens (including phenoxy) is 1. The van der Waals surface area contributed by atoms with E-state index in [9.17, 15) is 0 Å². The normalized spacial score (nSPS) is 10.5. The van der Waals surface area contributed by atoms with Crippen LogP contribution >= 0.6 is 0 Å². The van der Waals surface area contributed by atoms with Gasteiger partial charge in [0.2, 0.25) is 0 Å². The zero-order valence-electron chi connectivity index (χ0n) is 11.9. The highest BCUT2D eigenvalue weighted by Gasteiger charge is 2.04. The van der Waals surface area contributed by atoms with Gasteiger partial charge in [-0.2, -0.15) is 0 Å². The molecule has 0 fully saturated rings. The van der Waals surface area contributed by atoms with Crippen LogP contribution in [0.15, 0.2) is 54.9 Å². The number of aromatic nitrogens is 2. The minimum absolute atomic E-state index is 0.426. The Bertz CT molecular complexity index is 737. The van der Waals surface area contributed by atoms with Crippen LogP contribution in [-0.4, -0.2) is 16.5 Å². The highest BCUT2D eigenvalue weighted by Crippen LogP contribution is 2.23. The van der Waals surface area contributed by atoms with Crippen LogP contribution in [0.1, 0.15) is 12.6 Å². The molecule has 0 radical (unpaired) electrons. The highest BCUT2D eigenvalue weighted by atomic mass is 16.5. The van der Waals surface area contributed by atoms with Crippen LogP contribution in [0.4, 0.5) is 5.69 Å². The summed E-state index contributed by atoms with van der Waals surface area (Å²) in [7, 11) is 0. The van der Waals surface area contributed by atoms with E-state index in [2.05, 4.69) is 22.2 Å². The van der Waals surface area contributed by atoms with Gasteiger partial charge in [-0.25, -0.2) is 0 Å². The first-order chi connectivity index (χ1) is 10.4. The van der Waals surface area contributed by atoms with Crippen LogP contribution in [0.2, 0.25) is 0 Å². The van der Waals surface area contributed by atoms with Gasteiger partial charge in [-0.1, -0.05) is 18.2 Å². The first-order valence-electron chi connectivity index (χ1n) is 7.02. The van der Waals surface area contributed by atoms with Crippen molar-refractivity contribution in [1.82, 2.24) is 9.97 Å². The predicted octanol–water partition coefficient (Wildman–Crippen LogP) is 3.64. The summed E-state index contributed by atoms with van der Waals surface area (Å²) >= 11 is 0. The first kappa shape index (κ1) is 13.4. The predicted molar refractivity (Wildman–Crippen MR) is 84.5 cm³/mol. The Morgan fingerprint density at radius 3 is 2.86 bits per heavy atom. The van der Waals surface area contributed by atoms with Gasteiger partial charge in [0, 0.05) is 30.0 Å². The van der Waals surface area contributed by atoms with Crippen molar-refractivity contribution in [3.05, 3.63) is 60.6 Å². The summed E-state index contributed by atoms with van der Waals surface area (Å²) in [4.78, 5) is 8.71. The third kappa shape index (κ3) is 3.11. The second-order valence-corrected chi connectivity index (χ2v) is 4.69. The fourth-order valence-electron chi connectivity index (χ4n) is 2.22. The number of anilines is 1. The zero-order chi connectivity index (χ0) is 14.5. The van der Waals surface area contributed by atoms with Gasteiger partial charge in [0.25, 0.3) is 0 Å². The van der Waals surface area contributed by atoms with Gasteiger partial charge >= 0.3 is 0 Å². The Morgan fingerprint density at radius 2 is 1.95 bits per heavy atom. The number of benzene rings is 1. The zero-order valence-corrected chi connectivity index (χ0v) is 11.9. The Labute approximate surface area is 123 Å². The van der Waals surface area contributed by atoms with E-state index < -0.39 is 0 Å². The average molecular weight is 279 g/mol. The lowest BCUT2D eigenvalue weighted by Gasteiger charge is -2.09. The number of nitrogens with one attached hydrogen (secondary N) is 1. The van der Waals surface area contributed by atoms with E-state index in [4.69, 9.17) is 4.74 Å². The summed E-state index contributed by atoms with van der Waals surface area (Å²) < 4.78 is 5.89. The van der Waals surface area contributed by atoms with Crippen LogP contribution in [0, 0.1) is 0 Å². The molecule has 3 aromatic rings. The molecular weight excluding hydrogens is 262 g/mol. The molecule has 106 valence electrons. The van der Waals surface area contributed by atoms with Gasteiger partial charge in [-0.15, -0.1) is 0 Å². The molecule has 4 heteroatoms. The topological polar surface area (TPSA) is 47.0 Å². The van der Waals surface area contributed by atoms with Gasteiger partial charge in [0.05, 0.1) is 5.69 Å². The number of fused-ring (bicyclic) bond motifs is 1. The molecule has 0 aliphatic rings. The van der Waals surface area contributed by atoms with Crippen molar-refractivity contribution >= 4 is 16.6 Å². The minimum atomic E-state index is 0.426. The first-order valence-corrected chi connectivity index (χ1v) is 7.02. The molecule has 0 atom stereocenters. The molecule has 1 aromatic carbocycles. The summed E-state index contributed by atoms with van der Waals surface area (Å²) in [5.41, 5.74) is 2.83. The van der Waals surface area contributed by atoms with Gasteiger partial charge in [-0.3, -0.25) is 9.97 Å². The Balaban J connectivity index is 1.79. The monoisotopic (exact) mass is 279 g/mol. The lowest BCUT2D eigenvalue weighted by Crippen LogP contribution is -2.02. The van der Waals surface area contributed by atoms with Crippen molar-refractivity contribution < 1.29 is 4.74 Å². The third-order valence-electron chi connectivity index (χ3n) is 3.17. The Morgan fingerprint density at radius 1 is 1.05 bits per heavy atom. The van der Waals surface area contributed by atoms with Gasteiger partial charge in [-0.05, 0) is 31.2 Å². The molecule has 1 N–H and O–H groups in total. The van der Waals surface area contributed by atoms with Crippen molar-refractivity contribution in [3.8, 4) is 5.75 Å². The lowest BCUT2D eigenvalue weighted by atomic mass is 10.2. The summed E-state index contributed by atoms with van der Waals surface area (Å²) in [6.45, 7) is 3.38. The summed E-state index contributed by atoms with van der Waals surface area (Å²) in [6, 6.07) is 13.8. The fraction of sp³-hybridized carbons (Fsp3) is 0.176. The number of para-hydroxylation sites is 1. The molecule has 0 spiro atoms. The van der Waals surface area contributed by atoms with Crippen LogP contribution in [0.3, 0.4) is 0 Å². The molecular formula is C17H17N3O. The molecule has 0 aliphatic heterocycles. The Kier molecular flexibility index (Phi) is 3.96. The minimum Gasteiger partial charge on any atom is -0.485 e. The van der Waals surface area contributed by atoms with Gasteiger partial charge < -0.3 is 10.1 Å². The summed E-state index contributed by atoms with van der Waals surface area (Å²) in [5.74, 6) is 0.781. The van der Waals surface area contributed by atoms with Crippen molar-refractivity contribution in [2.24, 2.45) is 0 Å². The molecule has 21 heavy (non-hydrogen) atoms. The molecule has 2 aromatic heterocycles. The molecule has 0 aliphatic carbocycles. The average Bonchev–Trinajstić information content (AvgIpc) is 2.53. The largest absolute Gasteiger partial charge is 0.485 e. The number of nitrogens with zero attached hydrogens (tertiary/aromatic N) is 2. The van der Waals surface area contributed by atoms with Crippen LogP contribution in [0.5, 0.6) is 5.75 Å². The standard InChI is InChI=1S/C17H17N3O/c1-2-18-14-8-10-19-15(11-14)12-21-16-7-3-5-13-6-4-9-20-17(13)16/h3-11H,2,12H2,1H3,(H,18,19). The Hall–Kier alpha value is -2.62. The molecule has 0 amide bonds. The van der Waals surface area contributed by atoms with Crippen LogP contribution in [0.25, 0.3) is 10.9 Å². The van der Waals surface area contributed by atoms with Crippen LogP contribution in [-0.2, 0) is 6.61 Å². The summed E-state index contributed by atoms with van der Waals surface area (Å²) in [6.07, 6.45) is 3.57. The van der Waals surface area contributed by atoms with E-state index >= 15 is 0 Å². The molecule has 0 saturated heterocycles. The van der Waals surface area contributed by atoms with E-state index in [0.717, 1.165) is 34.6 Å². The van der Waals surface area contributed by atoms with E-state index in [1.807, 2.05) is 42.5 Å². The lowest BCUT2D eigenvalue weighted by molar-refractivity contribution is 0.304. The molecule has 2 heterocycles. The second kappa shape index (κ2) is 6.22. The number of rotatable bonds is 5. The van der Waals surface area contributed by atoms with E-state index in [1.165, 1.54) is 0 Å². The van der Waals surface area contributed by atoms with Crippen molar-refractivity contribution in [2.45, 2.75) is 13.5 Å². The summed E-state index contributed by atoms with van der Waals surface area (Å²) in [5, 5.41) is 4.34. The maximum absolute atomic E-state index is 5.89. The third-order valence-corrected chi connectivity index (χ3v) is 3.17. The second-order valence-electron chi connectivity index (χ2n) is 4.69. The SMILES string of the molecule is CCNc1ccnc(COc2cccc3cccnc23)c1. The van der Waals surface area contributed by atoms with Gasteiger partial charge in [0.1, 0.15) is 17.9 Å². The smallest absolute Gasteiger partial charge is 0.146 e. The van der Waals surface area contributed by atoms with Crippen molar-refractivity contribution in [1.29, 1.82) is 0 Å². The van der Waals surface area contributed by atoms with Crippen LogP contribution < -0.4 is 10.1 Å². The van der Waals surface area contributed by atoms with Gasteiger partial charge in [0.15, 0.2) is 0 Å². The van der Waals surface area contributed by atoms with E-state index in [-0.39, 0.29) is 0 Å². The quantitative estimate of drug-likeness (QED) is 0.774. The van der Waals surface area contributed by atoms with E-state index in [0.29, 0.717) is 6.61 Å². The highest BCUT2D eigenvalue weighted by molar-refractivity contribution is 5.84. The molecule has 0 saturated carbocycles. The van der Waals surface area contributed by atoms with E-state index in [1.54, 1.807) is 12.4 Å². The van der Waals surface area contributed by atoms with Crippen molar-refractivity contribution in [2.75, 3.05) is 11.9 Å². The maximum atomic E-state index is 5.89. The maximum Gasteiger partial charge on any atom is 0.146 e. The number of hydrogen-bond donors (Lipinski definition) is 1. The molecule has 0 bridgehead atoms. The number of pyridine rings is 2. The molecule has 3 rings (SSSR count). The molecule has 0 unspecified atom stereocenters. The fourth-order valence-corrected chi connectivity index (χ4v) is 2.22. The van der Waals surface area contributed by atoms with Crippen molar-refractivity contribution in [3.63, 3.8) is 0 Å².